The van der Waals surface area contributed by atoms with Crippen molar-refractivity contribution in [1.29, 1.82) is 0 Å². The second kappa shape index (κ2) is 3.40. The Morgan fingerprint density at radius 2 is 1.90 bits per heavy atom. The second-order valence-corrected chi connectivity index (χ2v) is 2.79. The molecule has 0 aliphatic heterocycles. The van der Waals surface area contributed by atoms with Gasteiger partial charge in [-0.15, -0.1) is 0 Å². The SMILES string of the molecule is C[C](C)Cc1cc[c]cc1. The van der Waals surface area contributed by atoms with E-state index in [1.54, 1.807) is 0 Å². The molecule has 0 aliphatic rings. The third-order valence-corrected chi connectivity index (χ3v) is 1.34. The quantitative estimate of drug-likeness (QED) is 0.580. The Labute approximate surface area is 62.9 Å². The van der Waals surface area contributed by atoms with Crippen LogP contribution in [0.15, 0.2) is 24.3 Å². The summed E-state index contributed by atoms with van der Waals surface area (Å²) in [4.78, 5) is 0. The van der Waals surface area contributed by atoms with Crippen LogP contribution in [0.3, 0.4) is 0 Å². The normalized spacial score (nSPS) is 10.3. The van der Waals surface area contributed by atoms with Gasteiger partial charge >= 0.3 is 0 Å². The van der Waals surface area contributed by atoms with Crippen molar-refractivity contribution in [1.82, 2.24) is 0 Å². The van der Waals surface area contributed by atoms with E-state index < -0.39 is 0 Å². The van der Waals surface area contributed by atoms with E-state index in [0.717, 1.165) is 6.42 Å². The Morgan fingerprint density at radius 3 is 2.40 bits per heavy atom. The molecule has 0 spiro atoms. The molecule has 52 valence electrons. The molecule has 0 N–H and O–H groups in total. The average molecular weight is 132 g/mol. The largest absolute Gasteiger partial charge is 0.0591 e. The van der Waals surface area contributed by atoms with Gasteiger partial charge in [-0.05, 0) is 24.0 Å². The minimum absolute atomic E-state index is 1.09. The molecule has 0 aromatic heterocycles. The number of hydrogen-bond donors (Lipinski definition) is 0. The summed E-state index contributed by atoms with van der Waals surface area (Å²) in [6.07, 6.45) is 1.09. The van der Waals surface area contributed by atoms with E-state index in [1.165, 1.54) is 11.5 Å². The van der Waals surface area contributed by atoms with Crippen molar-refractivity contribution >= 4 is 0 Å². The minimum atomic E-state index is 1.09. The van der Waals surface area contributed by atoms with Gasteiger partial charge in [-0.25, -0.2) is 0 Å². The highest BCUT2D eigenvalue weighted by molar-refractivity contribution is 5.17. The van der Waals surface area contributed by atoms with E-state index in [9.17, 15) is 0 Å². The zero-order valence-electron chi connectivity index (χ0n) is 6.52. The summed E-state index contributed by atoms with van der Waals surface area (Å²) in [5, 5.41) is 0. The predicted molar refractivity (Wildman–Crippen MR) is 43.6 cm³/mol. The molecule has 0 heterocycles. The predicted octanol–water partition coefficient (Wildman–Crippen LogP) is 2.64. The molecule has 0 saturated carbocycles. The highest BCUT2D eigenvalue weighted by Gasteiger charge is 1.94. The summed E-state index contributed by atoms with van der Waals surface area (Å²) in [5.41, 5.74) is 1.37. The highest BCUT2D eigenvalue weighted by atomic mass is 14.0. The van der Waals surface area contributed by atoms with Gasteiger partial charge in [0.15, 0.2) is 0 Å². The van der Waals surface area contributed by atoms with Gasteiger partial charge in [0.25, 0.3) is 0 Å². The van der Waals surface area contributed by atoms with Crippen LogP contribution in [-0.4, -0.2) is 0 Å². The van der Waals surface area contributed by atoms with Crippen LogP contribution in [0.2, 0.25) is 0 Å². The monoisotopic (exact) mass is 132 g/mol. The van der Waals surface area contributed by atoms with Gasteiger partial charge < -0.3 is 0 Å². The summed E-state index contributed by atoms with van der Waals surface area (Å²) < 4.78 is 0. The fourth-order valence-electron chi connectivity index (χ4n) is 0.948. The lowest BCUT2D eigenvalue weighted by Gasteiger charge is -2.01. The molecule has 0 bridgehead atoms. The second-order valence-electron chi connectivity index (χ2n) is 2.79. The summed E-state index contributed by atoms with van der Waals surface area (Å²) in [6, 6.07) is 11.1. The Hall–Kier alpha value is -0.780. The first kappa shape index (κ1) is 7.33. The number of hydrogen-bond acceptors (Lipinski definition) is 0. The Balaban J connectivity index is 2.59. The summed E-state index contributed by atoms with van der Waals surface area (Å²) in [7, 11) is 0. The highest BCUT2D eigenvalue weighted by Crippen LogP contribution is 2.07. The van der Waals surface area contributed by atoms with Crippen molar-refractivity contribution in [3.8, 4) is 0 Å². The Bertz CT molecular complexity index is 174. The van der Waals surface area contributed by atoms with Gasteiger partial charge in [-0.1, -0.05) is 38.1 Å². The van der Waals surface area contributed by atoms with E-state index >= 15 is 0 Å². The Morgan fingerprint density at radius 1 is 1.30 bits per heavy atom. The maximum atomic E-state index is 3.00. The van der Waals surface area contributed by atoms with Gasteiger partial charge in [-0.3, -0.25) is 0 Å². The third-order valence-electron chi connectivity index (χ3n) is 1.34. The van der Waals surface area contributed by atoms with E-state index in [0.29, 0.717) is 0 Å². The van der Waals surface area contributed by atoms with Crippen molar-refractivity contribution in [2.75, 3.05) is 0 Å². The summed E-state index contributed by atoms with van der Waals surface area (Å²) in [5.74, 6) is 1.45. The van der Waals surface area contributed by atoms with E-state index in [4.69, 9.17) is 0 Å². The molecule has 0 saturated heterocycles. The first-order valence-electron chi connectivity index (χ1n) is 3.53. The molecule has 1 aromatic rings. The van der Waals surface area contributed by atoms with Crippen LogP contribution in [0.4, 0.5) is 0 Å². The molecule has 0 fully saturated rings. The van der Waals surface area contributed by atoms with Crippen molar-refractivity contribution in [2.45, 2.75) is 20.3 Å². The molecule has 1 rings (SSSR count). The van der Waals surface area contributed by atoms with E-state index in [-0.39, 0.29) is 0 Å². The molecule has 1 aromatic carbocycles. The lowest BCUT2D eigenvalue weighted by molar-refractivity contribution is 0.957. The number of benzene rings is 1. The fraction of sp³-hybridized carbons (Fsp3) is 0.300. The molecular weight excluding hydrogens is 120 g/mol. The van der Waals surface area contributed by atoms with Crippen LogP contribution < -0.4 is 0 Å². The lowest BCUT2D eigenvalue weighted by atomic mass is 10.0. The maximum absolute atomic E-state index is 3.00. The van der Waals surface area contributed by atoms with Crippen LogP contribution in [0, 0.1) is 12.0 Å². The zero-order chi connectivity index (χ0) is 7.40. The first-order valence-corrected chi connectivity index (χ1v) is 3.53. The third kappa shape index (κ3) is 2.22. The van der Waals surface area contributed by atoms with Gasteiger partial charge in [0, 0.05) is 0 Å². The average Bonchev–Trinajstić information content (AvgIpc) is 1.88. The van der Waals surface area contributed by atoms with Crippen molar-refractivity contribution in [2.24, 2.45) is 0 Å². The van der Waals surface area contributed by atoms with Crippen LogP contribution in [-0.2, 0) is 6.42 Å². The molecule has 0 unspecified atom stereocenters. The van der Waals surface area contributed by atoms with E-state index in [2.05, 4.69) is 32.0 Å². The number of rotatable bonds is 2. The molecule has 2 radical (unpaired) electrons. The fourth-order valence-corrected chi connectivity index (χ4v) is 0.948. The van der Waals surface area contributed by atoms with Crippen molar-refractivity contribution in [3.63, 3.8) is 0 Å². The van der Waals surface area contributed by atoms with Crippen LogP contribution in [0.25, 0.3) is 0 Å². The van der Waals surface area contributed by atoms with Crippen LogP contribution >= 0.6 is 0 Å². The smallest absolute Gasteiger partial charge is 0.0184 e. The Kier molecular flexibility index (Phi) is 2.49. The van der Waals surface area contributed by atoms with Gasteiger partial charge in [0.05, 0.1) is 0 Å². The topological polar surface area (TPSA) is 0 Å². The molecule has 10 heavy (non-hydrogen) atoms. The molecule has 0 heteroatoms. The van der Waals surface area contributed by atoms with Crippen molar-refractivity contribution in [3.05, 3.63) is 41.8 Å². The van der Waals surface area contributed by atoms with Crippen LogP contribution in [0.1, 0.15) is 19.4 Å². The first-order chi connectivity index (χ1) is 4.79. The molecule has 0 aliphatic carbocycles. The summed E-state index contributed by atoms with van der Waals surface area (Å²) in [6.45, 7) is 4.30. The minimum Gasteiger partial charge on any atom is -0.0591 e. The molecule has 0 amide bonds. The standard InChI is InChI=1S/C10H12/c1-9(2)8-10-6-4-3-5-7-10/h4-7H,8H2,1-2H3. The maximum Gasteiger partial charge on any atom is -0.0184 e. The lowest BCUT2D eigenvalue weighted by Crippen LogP contribution is -1.90. The zero-order valence-corrected chi connectivity index (χ0v) is 6.52. The van der Waals surface area contributed by atoms with Crippen LogP contribution in [0.5, 0.6) is 0 Å². The van der Waals surface area contributed by atoms with Gasteiger partial charge in [-0.2, -0.15) is 0 Å². The molecular formula is C10H12. The van der Waals surface area contributed by atoms with Gasteiger partial charge in [0.2, 0.25) is 0 Å². The summed E-state index contributed by atoms with van der Waals surface area (Å²) >= 11 is 0. The molecule has 0 atom stereocenters. The molecule has 0 nitrogen and oxygen atoms in total. The van der Waals surface area contributed by atoms with Crippen molar-refractivity contribution < 1.29 is 0 Å². The van der Waals surface area contributed by atoms with Gasteiger partial charge in [0.1, 0.15) is 0 Å². The van der Waals surface area contributed by atoms with E-state index in [1.807, 2.05) is 12.1 Å².